The van der Waals surface area contributed by atoms with Crippen molar-refractivity contribution in [1.29, 1.82) is 0 Å². The van der Waals surface area contributed by atoms with Gasteiger partial charge in [0.15, 0.2) is 35.2 Å². The molecule has 0 amide bonds. The van der Waals surface area contributed by atoms with Crippen molar-refractivity contribution in [1.82, 2.24) is 0 Å². The zero-order chi connectivity index (χ0) is 35.7. The molecule has 0 aliphatic heterocycles. The number of hydrogen-bond acceptors (Lipinski definition) is 6. The van der Waals surface area contributed by atoms with Crippen molar-refractivity contribution in [3.05, 3.63) is 24.3 Å². The second-order valence-electron chi connectivity index (χ2n) is 14.0. The molecular weight excluding hydrogens is 600 g/mol. The van der Waals surface area contributed by atoms with Crippen LogP contribution in [0.25, 0.3) is 0 Å². The van der Waals surface area contributed by atoms with Crippen molar-refractivity contribution in [3.63, 3.8) is 0 Å². The van der Waals surface area contributed by atoms with Crippen LogP contribution in [-0.2, 0) is 14.4 Å². The first-order valence-corrected chi connectivity index (χ1v) is 20.2. The Morgan fingerprint density at radius 3 is 1.02 bits per heavy atom. The van der Waals surface area contributed by atoms with E-state index in [1.807, 2.05) is 0 Å². The number of rotatable bonds is 36. The molecule has 0 aliphatic carbocycles. The lowest BCUT2D eigenvalue weighted by Crippen LogP contribution is -2.63. The molecule has 0 saturated carbocycles. The van der Waals surface area contributed by atoms with Crippen LogP contribution in [0, 0.1) is 0 Å². The summed E-state index contributed by atoms with van der Waals surface area (Å²) in [5.41, 5.74) is -2.80. The Kier molecular flexibility index (Phi) is 31.5. The van der Waals surface area contributed by atoms with Crippen molar-refractivity contribution in [2.75, 3.05) is 0 Å². The van der Waals surface area contributed by atoms with Gasteiger partial charge in [-0.05, 0) is 64.2 Å². The smallest absolute Gasteiger partial charge is 0.189 e. The standard InChI is InChI=1S/C42H76O6/c1-4-7-9-11-13-15-17-19-21-23-25-27-29-31-33-35-37(43)40(46)42(48,39(45)6-3)41(47)38(44)36-34-32-30-28-26-24-22-20-18-16-14-12-10-8-5-2/h19-22,40-41,46-48H,4-18,23-36H2,1-3H3. The van der Waals surface area contributed by atoms with Gasteiger partial charge in [0.1, 0.15) is 0 Å². The highest BCUT2D eigenvalue weighted by atomic mass is 16.4. The second kappa shape index (κ2) is 32.6. The van der Waals surface area contributed by atoms with E-state index in [1.165, 1.54) is 84.0 Å². The van der Waals surface area contributed by atoms with E-state index >= 15 is 0 Å². The lowest BCUT2D eigenvalue weighted by atomic mass is 9.79. The van der Waals surface area contributed by atoms with E-state index in [0.717, 1.165) is 77.0 Å². The third-order valence-corrected chi connectivity index (χ3v) is 9.58. The summed E-state index contributed by atoms with van der Waals surface area (Å²) in [6.45, 7) is 5.96. The van der Waals surface area contributed by atoms with Gasteiger partial charge in [-0.1, -0.05) is 148 Å². The molecule has 0 spiro atoms. The van der Waals surface area contributed by atoms with E-state index in [1.54, 1.807) is 0 Å². The Hall–Kier alpha value is -1.63. The van der Waals surface area contributed by atoms with Crippen molar-refractivity contribution < 1.29 is 29.7 Å². The van der Waals surface area contributed by atoms with Gasteiger partial charge < -0.3 is 15.3 Å². The molecule has 0 heterocycles. The molecule has 0 rings (SSSR count). The minimum absolute atomic E-state index is 0.00617. The van der Waals surface area contributed by atoms with E-state index in [-0.39, 0.29) is 19.3 Å². The Bertz CT molecular complexity index is 789. The highest BCUT2D eigenvalue weighted by Crippen LogP contribution is 2.25. The van der Waals surface area contributed by atoms with Crippen molar-refractivity contribution in [2.24, 2.45) is 0 Å². The van der Waals surface area contributed by atoms with E-state index in [2.05, 4.69) is 38.2 Å². The topological polar surface area (TPSA) is 112 Å². The lowest BCUT2D eigenvalue weighted by molar-refractivity contribution is -0.181. The predicted molar refractivity (Wildman–Crippen MR) is 201 cm³/mol. The largest absolute Gasteiger partial charge is 0.382 e. The van der Waals surface area contributed by atoms with Gasteiger partial charge in [0.2, 0.25) is 0 Å². The first kappa shape index (κ1) is 46.4. The molecule has 0 aliphatic rings. The number of carbonyl (C=O) groups excluding carboxylic acids is 3. The summed E-state index contributed by atoms with van der Waals surface area (Å²) in [7, 11) is 0. The molecule has 2 atom stereocenters. The van der Waals surface area contributed by atoms with E-state index < -0.39 is 35.2 Å². The van der Waals surface area contributed by atoms with E-state index in [9.17, 15) is 29.7 Å². The summed E-state index contributed by atoms with van der Waals surface area (Å²) in [4.78, 5) is 38.2. The maximum atomic E-state index is 12.8. The minimum Gasteiger partial charge on any atom is -0.382 e. The van der Waals surface area contributed by atoms with E-state index in [0.29, 0.717) is 12.8 Å². The van der Waals surface area contributed by atoms with Crippen LogP contribution >= 0.6 is 0 Å². The Balaban J connectivity index is 4.26. The molecule has 0 saturated heterocycles. The van der Waals surface area contributed by atoms with Crippen LogP contribution in [-0.4, -0.2) is 50.5 Å². The predicted octanol–water partition coefficient (Wildman–Crippen LogP) is 10.6. The Morgan fingerprint density at radius 1 is 0.458 bits per heavy atom. The summed E-state index contributed by atoms with van der Waals surface area (Å²) in [5.74, 6) is -2.30. The number of hydrogen-bond donors (Lipinski definition) is 3. The molecule has 0 radical (unpaired) electrons. The monoisotopic (exact) mass is 677 g/mol. The Labute approximate surface area is 295 Å². The highest BCUT2D eigenvalue weighted by molar-refractivity contribution is 6.01. The fourth-order valence-corrected chi connectivity index (χ4v) is 6.24. The van der Waals surface area contributed by atoms with Crippen LogP contribution in [0.1, 0.15) is 207 Å². The van der Waals surface area contributed by atoms with Crippen LogP contribution in [0.5, 0.6) is 0 Å². The summed E-state index contributed by atoms with van der Waals surface area (Å²) in [5, 5.41) is 32.6. The maximum Gasteiger partial charge on any atom is 0.189 e. The number of allylic oxidation sites excluding steroid dienone is 4. The summed E-state index contributed by atoms with van der Waals surface area (Å²) in [6, 6.07) is 0. The third kappa shape index (κ3) is 22.9. The number of aliphatic hydroxyl groups is 3. The lowest BCUT2D eigenvalue weighted by Gasteiger charge is -2.34. The van der Waals surface area contributed by atoms with Crippen molar-refractivity contribution in [2.45, 2.75) is 225 Å². The number of ketones is 3. The molecule has 0 bridgehead atoms. The zero-order valence-electron chi connectivity index (χ0n) is 31.5. The molecule has 3 N–H and O–H groups in total. The van der Waals surface area contributed by atoms with Gasteiger partial charge in [0.05, 0.1) is 0 Å². The number of unbranched alkanes of at least 4 members (excludes halogenated alkanes) is 22. The molecule has 6 heteroatoms. The van der Waals surface area contributed by atoms with Crippen LogP contribution in [0.2, 0.25) is 0 Å². The zero-order valence-corrected chi connectivity index (χ0v) is 31.5. The van der Waals surface area contributed by atoms with Gasteiger partial charge in [0.25, 0.3) is 0 Å². The molecule has 280 valence electrons. The van der Waals surface area contributed by atoms with Crippen molar-refractivity contribution >= 4 is 17.3 Å². The molecule has 2 unspecified atom stereocenters. The fourth-order valence-electron chi connectivity index (χ4n) is 6.24. The highest BCUT2D eigenvalue weighted by Gasteiger charge is 2.53. The molecule has 48 heavy (non-hydrogen) atoms. The van der Waals surface area contributed by atoms with Crippen LogP contribution in [0.15, 0.2) is 24.3 Å². The SMILES string of the molecule is CCCCCCCCC=CCCCCCCCC(=O)C(O)C(O)(C(=O)CC)C(O)C(=O)CCCCCCCC=CCCCCCCCC. The van der Waals surface area contributed by atoms with Gasteiger partial charge >= 0.3 is 0 Å². The van der Waals surface area contributed by atoms with Gasteiger partial charge in [-0.3, -0.25) is 14.4 Å². The fraction of sp³-hybridized carbons (Fsp3) is 0.833. The Morgan fingerprint density at radius 2 is 0.729 bits per heavy atom. The van der Waals surface area contributed by atoms with Gasteiger partial charge in [-0.25, -0.2) is 0 Å². The summed E-state index contributed by atoms with van der Waals surface area (Å²) >= 11 is 0. The van der Waals surface area contributed by atoms with Crippen LogP contribution in [0.3, 0.4) is 0 Å². The quantitative estimate of drug-likeness (QED) is 0.0450. The van der Waals surface area contributed by atoms with Gasteiger partial charge in [0, 0.05) is 19.3 Å². The normalized spacial score (nSPS) is 14.5. The van der Waals surface area contributed by atoms with Gasteiger partial charge in [-0.15, -0.1) is 0 Å². The van der Waals surface area contributed by atoms with E-state index in [4.69, 9.17) is 0 Å². The van der Waals surface area contributed by atoms with Gasteiger partial charge in [-0.2, -0.15) is 0 Å². The van der Waals surface area contributed by atoms with Crippen LogP contribution < -0.4 is 0 Å². The second-order valence-corrected chi connectivity index (χ2v) is 14.0. The number of aliphatic hydroxyl groups excluding tert-OH is 2. The summed E-state index contributed by atoms with van der Waals surface area (Å²) < 4.78 is 0. The third-order valence-electron chi connectivity index (χ3n) is 9.58. The maximum absolute atomic E-state index is 12.8. The average Bonchev–Trinajstić information content (AvgIpc) is 3.09. The molecular formula is C42H76O6. The molecule has 0 aromatic rings. The molecule has 0 aromatic heterocycles. The summed E-state index contributed by atoms with van der Waals surface area (Å²) in [6.07, 6.45) is 33.8. The average molecular weight is 677 g/mol. The molecule has 6 nitrogen and oxygen atoms in total. The first-order valence-electron chi connectivity index (χ1n) is 20.2. The van der Waals surface area contributed by atoms with Crippen LogP contribution in [0.4, 0.5) is 0 Å². The van der Waals surface area contributed by atoms with Crippen molar-refractivity contribution in [3.8, 4) is 0 Å². The first-order chi connectivity index (χ1) is 23.3. The number of Topliss-reactive ketones (excluding diaryl/α,β-unsaturated/α-hetero) is 3. The molecule has 0 fully saturated rings. The minimum atomic E-state index is -2.80. The molecule has 0 aromatic carbocycles. The number of carbonyl (C=O) groups is 3.